The van der Waals surface area contributed by atoms with Gasteiger partial charge in [-0.3, -0.25) is 9.67 Å². The molecule has 5 heteroatoms. The van der Waals surface area contributed by atoms with Crippen molar-refractivity contribution in [2.24, 2.45) is 0 Å². The smallest absolute Gasteiger partial charge is 0.0794 e. The Bertz CT molecular complexity index is 379. The van der Waals surface area contributed by atoms with Crippen LogP contribution in [-0.2, 0) is 13.1 Å². The van der Waals surface area contributed by atoms with Crippen LogP contribution in [0.25, 0.3) is 0 Å². The van der Waals surface area contributed by atoms with Gasteiger partial charge in [-0.25, -0.2) is 0 Å². The summed E-state index contributed by atoms with van der Waals surface area (Å²) in [6.45, 7) is 3.79. The zero-order valence-corrected chi connectivity index (χ0v) is 8.79. The molecule has 0 aliphatic carbocycles. The summed E-state index contributed by atoms with van der Waals surface area (Å²) >= 11 is 1.65. The summed E-state index contributed by atoms with van der Waals surface area (Å²) in [5.41, 5.74) is 2.90. The van der Waals surface area contributed by atoms with Crippen LogP contribution in [0.1, 0.15) is 11.8 Å². The van der Waals surface area contributed by atoms with Crippen molar-refractivity contribution in [3.63, 3.8) is 0 Å². The first-order valence-corrected chi connectivity index (χ1v) is 5.40. The van der Waals surface area contributed by atoms with E-state index in [2.05, 4.69) is 22.3 Å². The summed E-state index contributed by atoms with van der Waals surface area (Å²) in [5, 5.41) is 7.47. The second-order valence-corrected chi connectivity index (χ2v) is 3.88. The number of thiazole rings is 1. The van der Waals surface area contributed by atoms with E-state index in [-0.39, 0.29) is 0 Å². The SMILES string of the molecule is CCn1cc(NCc2cncs2)cn1. The van der Waals surface area contributed by atoms with Crippen LogP contribution in [0.2, 0.25) is 0 Å². The molecule has 0 saturated heterocycles. The zero-order valence-electron chi connectivity index (χ0n) is 7.97. The van der Waals surface area contributed by atoms with Gasteiger partial charge < -0.3 is 5.32 Å². The first-order valence-electron chi connectivity index (χ1n) is 4.52. The predicted molar refractivity (Wildman–Crippen MR) is 57.3 cm³/mol. The Hall–Kier alpha value is -1.36. The summed E-state index contributed by atoms with van der Waals surface area (Å²) in [5.74, 6) is 0. The lowest BCUT2D eigenvalue weighted by Crippen LogP contribution is -1.96. The molecule has 0 unspecified atom stereocenters. The third-order valence-electron chi connectivity index (χ3n) is 1.91. The Morgan fingerprint density at radius 2 is 2.43 bits per heavy atom. The molecule has 2 aromatic rings. The van der Waals surface area contributed by atoms with Crippen molar-refractivity contribution < 1.29 is 0 Å². The highest BCUT2D eigenvalue weighted by molar-refractivity contribution is 7.09. The molecule has 0 atom stereocenters. The maximum Gasteiger partial charge on any atom is 0.0794 e. The molecule has 1 N–H and O–H groups in total. The predicted octanol–water partition coefficient (Wildman–Crippen LogP) is 1.97. The van der Waals surface area contributed by atoms with Crippen molar-refractivity contribution in [1.29, 1.82) is 0 Å². The fourth-order valence-corrected chi connectivity index (χ4v) is 1.68. The Balaban J connectivity index is 1.92. The van der Waals surface area contributed by atoms with Crippen LogP contribution in [0.3, 0.4) is 0 Å². The fourth-order valence-electron chi connectivity index (χ4n) is 1.15. The molecule has 74 valence electrons. The molecule has 2 rings (SSSR count). The van der Waals surface area contributed by atoms with Gasteiger partial charge in [-0.1, -0.05) is 0 Å². The molecule has 14 heavy (non-hydrogen) atoms. The van der Waals surface area contributed by atoms with Crippen molar-refractivity contribution in [1.82, 2.24) is 14.8 Å². The van der Waals surface area contributed by atoms with Crippen molar-refractivity contribution in [3.05, 3.63) is 29.0 Å². The molecule has 0 spiro atoms. The molecule has 2 aromatic heterocycles. The molecule has 2 heterocycles. The Kier molecular flexibility index (Phi) is 2.78. The van der Waals surface area contributed by atoms with Crippen LogP contribution < -0.4 is 5.32 Å². The molecular formula is C9H12N4S. The van der Waals surface area contributed by atoms with Crippen LogP contribution in [0, 0.1) is 0 Å². The Labute approximate surface area is 86.6 Å². The molecule has 0 aliphatic rings. The highest BCUT2D eigenvalue weighted by Crippen LogP contribution is 2.10. The number of nitrogens with zero attached hydrogens (tertiary/aromatic N) is 3. The minimum atomic E-state index is 0.820. The van der Waals surface area contributed by atoms with Gasteiger partial charge in [0.2, 0.25) is 0 Å². The van der Waals surface area contributed by atoms with E-state index in [1.54, 1.807) is 11.3 Å². The average molecular weight is 208 g/mol. The topological polar surface area (TPSA) is 42.7 Å². The Morgan fingerprint density at radius 3 is 3.07 bits per heavy atom. The lowest BCUT2D eigenvalue weighted by molar-refractivity contribution is 0.660. The van der Waals surface area contributed by atoms with E-state index in [1.807, 2.05) is 28.8 Å². The second-order valence-electron chi connectivity index (χ2n) is 2.91. The van der Waals surface area contributed by atoms with E-state index >= 15 is 0 Å². The maximum atomic E-state index is 4.18. The van der Waals surface area contributed by atoms with Crippen molar-refractivity contribution in [3.8, 4) is 0 Å². The third-order valence-corrected chi connectivity index (χ3v) is 2.69. The van der Waals surface area contributed by atoms with Gasteiger partial charge in [0.25, 0.3) is 0 Å². The van der Waals surface area contributed by atoms with E-state index in [4.69, 9.17) is 0 Å². The number of hydrogen-bond donors (Lipinski definition) is 1. The summed E-state index contributed by atoms with van der Waals surface area (Å²) in [7, 11) is 0. The molecule has 0 saturated carbocycles. The number of aromatic nitrogens is 3. The van der Waals surface area contributed by atoms with E-state index in [9.17, 15) is 0 Å². The number of aryl methyl sites for hydroxylation is 1. The lowest BCUT2D eigenvalue weighted by Gasteiger charge is -1.98. The number of hydrogen-bond acceptors (Lipinski definition) is 4. The summed E-state index contributed by atoms with van der Waals surface area (Å²) in [6.07, 6.45) is 5.72. The number of rotatable bonds is 4. The van der Waals surface area contributed by atoms with Crippen LogP contribution >= 0.6 is 11.3 Å². The molecular weight excluding hydrogens is 196 g/mol. The standard InChI is InChI=1S/C9H12N4S/c1-2-13-6-8(3-12-13)11-5-9-4-10-7-14-9/h3-4,6-7,11H,2,5H2,1H3. The number of nitrogens with one attached hydrogen (secondary N) is 1. The fraction of sp³-hybridized carbons (Fsp3) is 0.333. The van der Waals surface area contributed by atoms with Crippen molar-refractivity contribution in [2.45, 2.75) is 20.0 Å². The van der Waals surface area contributed by atoms with E-state index in [0.717, 1.165) is 18.8 Å². The van der Waals surface area contributed by atoms with Crippen molar-refractivity contribution in [2.75, 3.05) is 5.32 Å². The normalized spacial score (nSPS) is 10.4. The molecule has 0 aromatic carbocycles. The van der Waals surface area contributed by atoms with Gasteiger partial charge in [-0.05, 0) is 6.92 Å². The lowest BCUT2D eigenvalue weighted by atomic mass is 10.5. The van der Waals surface area contributed by atoms with Crippen molar-refractivity contribution >= 4 is 17.0 Å². The Morgan fingerprint density at radius 1 is 1.50 bits per heavy atom. The van der Waals surface area contributed by atoms with Crippen LogP contribution in [0.4, 0.5) is 5.69 Å². The van der Waals surface area contributed by atoms with Gasteiger partial charge in [0.1, 0.15) is 0 Å². The van der Waals surface area contributed by atoms with Crippen LogP contribution in [0.5, 0.6) is 0 Å². The van der Waals surface area contributed by atoms with Gasteiger partial charge in [-0.15, -0.1) is 11.3 Å². The number of anilines is 1. The quantitative estimate of drug-likeness (QED) is 0.835. The van der Waals surface area contributed by atoms with Gasteiger partial charge in [0.15, 0.2) is 0 Å². The third kappa shape index (κ3) is 2.11. The summed E-state index contributed by atoms with van der Waals surface area (Å²) < 4.78 is 1.90. The van der Waals surface area contributed by atoms with Gasteiger partial charge in [0.05, 0.1) is 23.9 Å². The summed E-state index contributed by atoms with van der Waals surface area (Å²) in [6, 6.07) is 0. The van der Waals surface area contributed by atoms with E-state index in [0.29, 0.717) is 0 Å². The van der Waals surface area contributed by atoms with Gasteiger partial charge in [-0.2, -0.15) is 5.10 Å². The average Bonchev–Trinajstić information content (AvgIpc) is 2.86. The molecule has 0 fully saturated rings. The molecule has 0 amide bonds. The minimum absolute atomic E-state index is 0.820. The zero-order chi connectivity index (χ0) is 9.80. The monoisotopic (exact) mass is 208 g/mol. The van der Waals surface area contributed by atoms with Crippen LogP contribution in [-0.4, -0.2) is 14.8 Å². The van der Waals surface area contributed by atoms with Crippen LogP contribution in [0.15, 0.2) is 24.1 Å². The van der Waals surface area contributed by atoms with E-state index < -0.39 is 0 Å². The summed E-state index contributed by atoms with van der Waals surface area (Å²) in [4.78, 5) is 5.24. The first-order chi connectivity index (χ1) is 6.88. The van der Waals surface area contributed by atoms with Gasteiger partial charge in [0, 0.05) is 23.8 Å². The first kappa shape index (κ1) is 9.21. The van der Waals surface area contributed by atoms with Gasteiger partial charge >= 0.3 is 0 Å². The largest absolute Gasteiger partial charge is 0.378 e. The minimum Gasteiger partial charge on any atom is -0.378 e. The highest BCUT2D eigenvalue weighted by Gasteiger charge is 1.97. The molecule has 0 radical (unpaired) electrons. The molecule has 4 nitrogen and oxygen atoms in total. The second kappa shape index (κ2) is 4.23. The molecule has 0 aliphatic heterocycles. The molecule has 0 bridgehead atoms. The maximum absolute atomic E-state index is 4.18. The van der Waals surface area contributed by atoms with E-state index in [1.165, 1.54) is 4.88 Å². The highest BCUT2D eigenvalue weighted by atomic mass is 32.1.